The van der Waals surface area contributed by atoms with Crippen molar-refractivity contribution < 1.29 is 36.9 Å². The number of carbonyl (C=O) groups is 1. The molecule has 9 nitrogen and oxygen atoms in total. The maximum Gasteiger partial charge on any atom is 0.416 e. The van der Waals surface area contributed by atoms with Gasteiger partial charge in [-0.1, -0.05) is 12.1 Å². The average molecular weight is 557 g/mol. The van der Waals surface area contributed by atoms with Gasteiger partial charge in [-0.3, -0.25) is 4.79 Å². The third-order valence-electron chi connectivity index (χ3n) is 5.72. The molecule has 4 aromatic rings. The first kappa shape index (κ1) is 28.4. The summed E-state index contributed by atoms with van der Waals surface area (Å²) in [7, 11) is 2.97. The molecule has 40 heavy (non-hydrogen) atoms. The van der Waals surface area contributed by atoms with E-state index in [-0.39, 0.29) is 24.0 Å². The summed E-state index contributed by atoms with van der Waals surface area (Å²) < 4.78 is 62.8. The number of alkyl halides is 3. The third kappa shape index (κ3) is 6.70. The highest BCUT2D eigenvalue weighted by molar-refractivity contribution is 6.06. The van der Waals surface area contributed by atoms with Crippen LogP contribution in [0.25, 0.3) is 17.1 Å². The number of hydrogen-bond acceptors (Lipinski definition) is 7. The van der Waals surface area contributed by atoms with Gasteiger partial charge in [0.05, 0.1) is 37.6 Å². The Hall–Kier alpha value is -4.58. The van der Waals surface area contributed by atoms with Crippen LogP contribution >= 0.6 is 0 Å². The zero-order valence-electron chi connectivity index (χ0n) is 22.0. The minimum absolute atomic E-state index is 0.0175. The number of carbonyl (C=O) groups excluding carboxylic acids is 1. The largest absolute Gasteiger partial charge is 0.497 e. The fourth-order valence-corrected chi connectivity index (χ4v) is 3.76. The lowest BCUT2D eigenvalue weighted by Gasteiger charge is -2.12. The summed E-state index contributed by atoms with van der Waals surface area (Å²) in [6, 6.07) is 16.2. The number of aromatic nitrogens is 3. The van der Waals surface area contributed by atoms with Crippen molar-refractivity contribution in [3.63, 3.8) is 0 Å². The van der Waals surface area contributed by atoms with Gasteiger partial charge in [0.15, 0.2) is 5.82 Å². The molecule has 0 aliphatic carbocycles. The number of methoxy groups -OCH3 is 2. The molecular formula is C28H27F3N4O5. The van der Waals surface area contributed by atoms with Crippen molar-refractivity contribution in [2.45, 2.75) is 13.1 Å². The predicted octanol–water partition coefficient (Wildman–Crippen LogP) is 5.64. The van der Waals surface area contributed by atoms with Crippen LogP contribution in [0, 0.1) is 0 Å². The minimum atomic E-state index is -4.52. The van der Waals surface area contributed by atoms with Gasteiger partial charge < -0.3 is 24.3 Å². The molecule has 1 aromatic heterocycles. The Kier molecular flexibility index (Phi) is 8.90. The highest BCUT2D eigenvalue weighted by Gasteiger charge is 2.31. The number of ether oxygens (including phenoxy) is 4. The first-order chi connectivity index (χ1) is 19.2. The van der Waals surface area contributed by atoms with Crippen molar-refractivity contribution in [1.82, 2.24) is 14.8 Å². The van der Waals surface area contributed by atoms with Gasteiger partial charge in [-0.2, -0.15) is 18.2 Å². The molecule has 0 atom stereocenters. The summed E-state index contributed by atoms with van der Waals surface area (Å²) in [4.78, 5) is 17.2. The molecule has 0 radical (unpaired) electrons. The van der Waals surface area contributed by atoms with Gasteiger partial charge in [0.2, 0.25) is 0 Å². The molecule has 0 spiro atoms. The van der Waals surface area contributed by atoms with Crippen LogP contribution in [0.2, 0.25) is 0 Å². The van der Waals surface area contributed by atoms with Crippen LogP contribution in [-0.4, -0.2) is 54.7 Å². The zero-order valence-corrected chi connectivity index (χ0v) is 22.0. The molecule has 0 saturated carbocycles. The Balaban J connectivity index is 1.62. The molecule has 0 bridgehead atoms. The standard InChI is InChI=1S/C28H27F3N4O5/c1-4-39-14-15-40-27-33-25(18-6-5-7-19(16-18)28(29,30)31)35(34-27)21-10-8-20(9-11-21)32-26(36)23-13-12-22(37-2)17-24(23)38-3/h5-13,16-17H,4,14-15H2,1-3H3,(H,32,36). The summed E-state index contributed by atoms with van der Waals surface area (Å²) in [5.74, 6) is 0.641. The summed E-state index contributed by atoms with van der Waals surface area (Å²) in [5, 5.41) is 7.15. The van der Waals surface area contributed by atoms with E-state index in [0.717, 1.165) is 12.1 Å². The van der Waals surface area contributed by atoms with E-state index in [1.54, 1.807) is 42.5 Å². The first-order valence-electron chi connectivity index (χ1n) is 12.2. The van der Waals surface area contributed by atoms with E-state index in [4.69, 9.17) is 18.9 Å². The van der Waals surface area contributed by atoms with Crippen molar-refractivity contribution in [3.05, 3.63) is 77.9 Å². The topological polar surface area (TPSA) is 96.7 Å². The fraction of sp³-hybridized carbons (Fsp3) is 0.250. The smallest absolute Gasteiger partial charge is 0.416 e. The normalized spacial score (nSPS) is 11.2. The van der Waals surface area contributed by atoms with Crippen LogP contribution < -0.4 is 19.5 Å². The average Bonchev–Trinajstić information content (AvgIpc) is 3.39. The molecular weight excluding hydrogens is 529 g/mol. The van der Waals surface area contributed by atoms with Crippen molar-refractivity contribution in [2.24, 2.45) is 0 Å². The number of benzene rings is 3. The van der Waals surface area contributed by atoms with E-state index in [1.165, 1.54) is 31.0 Å². The minimum Gasteiger partial charge on any atom is -0.497 e. The Labute approximate surface area is 228 Å². The van der Waals surface area contributed by atoms with E-state index in [1.807, 2.05) is 6.92 Å². The highest BCUT2D eigenvalue weighted by Crippen LogP contribution is 2.33. The number of hydrogen-bond donors (Lipinski definition) is 1. The number of amides is 1. The number of nitrogens with one attached hydrogen (secondary N) is 1. The Morgan fingerprint density at radius 1 is 0.975 bits per heavy atom. The second-order valence-corrected chi connectivity index (χ2v) is 8.32. The van der Waals surface area contributed by atoms with Crippen LogP contribution in [-0.2, 0) is 10.9 Å². The number of halogens is 3. The van der Waals surface area contributed by atoms with Crippen LogP contribution in [0.4, 0.5) is 18.9 Å². The maximum atomic E-state index is 13.4. The van der Waals surface area contributed by atoms with Crippen LogP contribution in [0.1, 0.15) is 22.8 Å². The Bertz CT molecular complexity index is 1460. The fourth-order valence-electron chi connectivity index (χ4n) is 3.76. The van der Waals surface area contributed by atoms with E-state index in [9.17, 15) is 18.0 Å². The van der Waals surface area contributed by atoms with Gasteiger partial charge >= 0.3 is 12.2 Å². The Morgan fingerprint density at radius 2 is 1.75 bits per heavy atom. The molecule has 4 rings (SSSR count). The summed E-state index contributed by atoms with van der Waals surface area (Å²) in [5.41, 5.74) is 0.654. The van der Waals surface area contributed by atoms with Crippen molar-refractivity contribution in [2.75, 3.05) is 39.4 Å². The van der Waals surface area contributed by atoms with Gasteiger partial charge in [-0.05, 0) is 55.5 Å². The lowest BCUT2D eigenvalue weighted by Crippen LogP contribution is -2.13. The molecule has 210 valence electrons. The number of anilines is 1. The lowest BCUT2D eigenvalue weighted by molar-refractivity contribution is -0.137. The highest BCUT2D eigenvalue weighted by atomic mass is 19.4. The van der Waals surface area contributed by atoms with E-state index < -0.39 is 17.6 Å². The van der Waals surface area contributed by atoms with Crippen LogP contribution in [0.3, 0.4) is 0 Å². The Morgan fingerprint density at radius 3 is 2.42 bits per heavy atom. The summed E-state index contributed by atoms with van der Waals surface area (Å²) in [6.45, 7) is 2.82. The van der Waals surface area contributed by atoms with Gasteiger partial charge in [0.25, 0.3) is 5.91 Å². The monoisotopic (exact) mass is 556 g/mol. The SMILES string of the molecule is CCOCCOc1nc(-c2cccc(C(F)(F)F)c2)n(-c2ccc(NC(=O)c3ccc(OC)cc3OC)cc2)n1. The van der Waals surface area contributed by atoms with Gasteiger partial charge in [0, 0.05) is 23.9 Å². The van der Waals surface area contributed by atoms with Gasteiger partial charge in [-0.15, -0.1) is 5.10 Å². The lowest BCUT2D eigenvalue weighted by atomic mass is 10.1. The summed E-state index contributed by atoms with van der Waals surface area (Å²) in [6.07, 6.45) is -4.52. The molecule has 1 heterocycles. The van der Waals surface area contributed by atoms with Gasteiger partial charge in [0.1, 0.15) is 18.1 Å². The van der Waals surface area contributed by atoms with Crippen LogP contribution in [0.15, 0.2) is 66.7 Å². The molecule has 0 aliphatic heterocycles. The van der Waals surface area contributed by atoms with Gasteiger partial charge in [-0.25, -0.2) is 4.68 Å². The van der Waals surface area contributed by atoms with E-state index >= 15 is 0 Å². The van der Waals surface area contributed by atoms with E-state index in [0.29, 0.717) is 41.7 Å². The first-order valence-corrected chi connectivity index (χ1v) is 12.2. The molecule has 1 N–H and O–H groups in total. The molecule has 3 aromatic carbocycles. The third-order valence-corrected chi connectivity index (χ3v) is 5.72. The van der Waals surface area contributed by atoms with Crippen molar-refractivity contribution in [1.29, 1.82) is 0 Å². The van der Waals surface area contributed by atoms with Crippen molar-refractivity contribution in [3.8, 4) is 34.6 Å². The maximum absolute atomic E-state index is 13.4. The predicted molar refractivity (Wildman–Crippen MR) is 141 cm³/mol. The molecule has 0 saturated heterocycles. The molecule has 0 aliphatic rings. The number of nitrogens with zero attached hydrogens (tertiary/aromatic N) is 3. The second-order valence-electron chi connectivity index (χ2n) is 8.32. The zero-order chi connectivity index (χ0) is 28.7. The molecule has 1 amide bonds. The molecule has 0 fully saturated rings. The molecule has 12 heteroatoms. The van der Waals surface area contributed by atoms with Crippen molar-refractivity contribution >= 4 is 11.6 Å². The number of rotatable bonds is 11. The quantitative estimate of drug-likeness (QED) is 0.239. The second kappa shape index (κ2) is 12.5. The van der Waals surface area contributed by atoms with E-state index in [2.05, 4.69) is 15.4 Å². The van der Waals surface area contributed by atoms with Crippen LogP contribution in [0.5, 0.6) is 17.5 Å². The summed E-state index contributed by atoms with van der Waals surface area (Å²) >= 11 is 0. The molecule has 0 unspecified atom stereocenters.